The molecule has 0 saturated heterocycles. The maximum absolute atomic E-state index is 12.2. The Kier molecular flexibility index (Phi) is 2.84. The Balaban J connectivity index is 1.94. The molecule has 1 aromatic heterocycles. The van der Waals surface area contributed by atoms with Crippen LogP contribution >= 0.6 is 0 Å². The fraction of sp³-hybridized carbons (Fsp3) is 0.133. The summed E-state index contributed by atoms with van der Waals surface area (Å²) in [4.78, 5) is 28.0. The van der Waals surface area contributed by atoms with Gasteiger partial charge in [0.25, 0.3) is 5.91 Å². The lowest BCUT2D eigenvalue weighted by atomic mass is 9.88. The van der Waals surface area contributed by atoms with Gasteiger partial charge in [0.1, 0.15) is 0 Å². The molecule has 1 aliphatic heterocycles. The molecule has 0 radical (unpaired) electrons. The first-order valence-electron chi connectivity index (χ1n) is 6.18. The Hall–Kier alpha value is -2.53. The number of hydrogen-bond donors (Lipinski definition) is 2. The SMILES string of the molecule is O=C(C[C@@]1(O)C(=O)Nc2ccccc21)c1ccncc1. The molecule has 0 bridgehead atoms. The topological polar surface area (TPSA) is 79.3 Å². The van der Waals surface area contributed by atoms with Crippen LogP contribution in [-0.2, 0) is 10.4 Å². The van der Waals surface area contributed by atoms with Gasteiger partial charge in [0.05, 0.1) is 6.42 Å². The second-order valence-electron chi connectivity index (χ2n) is 4.70. The third-order valence-corrected chi connectivity index (χ3v) is 3.42. The number of benzene rings is 1. The predicted molar refractivity (Wildman–Crippen MR) is 72.2 cm³/mol. The fourth-order valence-corrected chi connectivity index (χ4v) is 2.35. The van der Waals surface area contributed by atoms with Gasteiger partial charge >= 0.3 is 0 Å². The van der Waals surface area contributed by atoms with Crippen molar-refractivity contribution in [2.24, 2.45) is 0 Å². The van der Waals surface area contributed by atoms with Gasteiger partial charge in [-0.2, -0.15) is 0 Å². The highest BCUT2D eigenvalue weighted by atomic mass is 16.3. The van der Waals surface area contributed by atoms with Crippen molar-refractivity contribution in [2.45, 2.75) is 12.0 Å². The zero-order chi connectivity index (χ0) is 14.2. The highest BCUT2D eigenvalue weighted by molar-refractivity contribution is 6.09. The largest absolute Gasteiger partial charge is 0.375 e. The van der Waals surface area contributed by atoms with Gasteiger partial charge in [-0.3, -0.25) is 14.6 Å². The molecule has 2 aromatic rings. The van der Waals surface area contributed by atoms with E-state index in [-0.39, 0.29) is 12.2 Å². The quantitative estimate of drug-likeness (QED) is 0.827. The number of carbonyl (C=O) groups is 2. The summed E-state index contributed by atoms with van der Waals surface area (Å²) in [5.41, 5.74) is -0.405. The third-order valence-electron chi connectivity index (χ3n) is 3.42. The summed E-state index contributed by atoms with van der Waals surface area (Å²) < 4.78 is 0. The monoisotopic (exact) mass is 268 g/mol. The summed E-state index contributed by atoms with van der Waals surface area (Å²) in [7, 11) is 0. The molecule has 0 aliphatic carbocycles. The summed E-state index contributed by atoms with van der Waals surface area (Å²) in [6, 6.07) is 9.95. The van der Waals surface area contributed by atoms with Gasteiger partial charge in [-0.05, 0) is 18.2 Å². The number of hydrogen-bond acceptors (Lipinski definition) is 4. The number of ketones is 1. The van der Waals surface area contributed by atoms with E-state index in [0.717, 1.165) is 0 Å². The molecule has 0 spiro atoms. The molecule has 5 heteroatoms. The van der Waals surface area contributed by atoms with E-state index in [0.29, 0.717) is 16.8 Å². The van der Waals surface area contributed by atoms with E-state index in [2.05, 4.69) is 10.3 Å². The number of para-hydroxylation sites is 1. The Morgan fingerprint density at radius 2 is 1.90 bits per heavy atom. The Morgan fingerprint density at radius 3 is 2.65 bits per heavy atom. The molecule has 0 saturated carbocycles. The van der Waals surface area contributed by atoms with E-state index < -0.39 is 11.5 Å². The lowest BCUT2D eigenvalue weighted by Gasteiger charge is -2.19. The number of Topliss-reactive ketones (excluding diaryl/α,β-unsaturated/α-hetero) is 1. The number of anilines is 1. The Labute approximate surface area is 115 Å². The summed E-state index contributed by atoms with van der Waals surface area (Å²) in [5, 5.41) is 13.2. The number of rotatable bonds is 3. The molecule has 2 heterocycles. The molecule has 20 heavy (non-hydrogen) atoms. The van der Waals surface area contributed by atoms with E-state index in [9.17, 15) is 14.7 Å². The van der Waals surface area contributed by atoms with Gasteiger partial charge in [0.2, 0.25) is 0 Å². The lowest BCUT2D eigenvalue weighted by molar-refractivity contribution is -0.133. The van der Waals surface area contributed by atoms with Crippen molar-refractivity contribution in [3.63, 3.8) is 0 Å². The van der Waals surface area contributed by atoms with Crippen molar-refractivity contribution in [1.29, 1.82) is 0 Å². The van der Waals surface area contributed by atoms with Gasteiger partial charge in [0.15, 0.2) is 11.4 Å². The first-order chi connectivity index (χ1) is 9.61. The normalized spacial score (nSPS) is 20.4. The van der Waals surface area contributed by atoms with Crippen LogP contribution in [0.1, 0.15) is 22.3 Å². The van der Waals surface area contributed by atoms with Gasteiger partial charge in [-0.25, -0.2) is 0 Å². The summed E-state index contributed by atoms with van der Waals surface area (Å²) in [6.45, 7) is 0. The highest BCUT2D eigenvalue weighted by Gasteiger charge is 2.46. The number of fused-ring (bicyclic) bond motifs is 1. The number of carbonyl (C=O) groups excluding carboxylic acids is 2. The van der Waals surface area contributed by atoms with Crippen LogP contribution in [0.5, 0.6) is 0 Å². The van der Waals surface area contributed by atoms with Crippen LogP contribution in [0.25, 0.3) is 0 Å². The van der Waals surface area contributed by atoms with Crippen molar-refractivity contribution < 1.29 is 14.7 Å². The number of nitrogens with zero attached hydrogens (tertiary/aromatic N) is 1. The molecule has 1 amide bonds. The second kappa shape index (κ2) is 4.54. The van der Waals surface area contributed by atoms with E-state index in [1.807, 2.05) is 0 Å². The van der Waals surface area contributed by atoms with Crippen LogP contribution in [0.15, 0.2) is 48.8 Å². The van der Waals surface area contributed by atoms with Crippen LogP contribution in [0.4, 0.5) is 5.69 Å². The molecule has 3 rings (SSSR count). The van der Waals surface area contributed by atoms with Gasteiger partial charge in [-0.1, -0.05) is 18.2 Å². The molecule has 100 valence electrons. The number of nitrogens with one attached hydrogen (secondary N) is 1. The van der Waals surface area contributed by atoms with E-state index >= 15 is 0 Å². The smallest absolute Gasteiger partial charge is 0.261 e. The first-order valence-corrected chi connectivity index (χ1v) is 6.18. The molecular weight excluding hydrogens is 256 g/mol. The number of pyridine rings is 1. The maximum atomic E-state index is 12.2. The van der Waals surface area contributed by atoms with Crippen LogP contribution in [0.2, 0.25) is 0 Å². The summed E-state index contributed by atoms with van der Waals surface area (Å²) in [5.74, 6) is -0.872. The second-order valence-corrected chi connectivity index (χ2v) is 4.70. The zero-order valence-corrected chi connectivity index (χ0v) is 10.5. The van der Waals surface area contributed by atoms with Gasteiger partial charge in [0, 0.05) is 29.2 Å². The van der Waals surface area contributed by atoms with E-state index in [1.165, 1.54) is 12.4 Å². The fourth-order valence-electron chi connectivity index (χ4n) is 2.35. The molecular formula is C15H12N2O3. The molecule has 0 unspecified atom stereocenters. The van der Waals surface area contributed by atoms with Gasteiger partial charge < -0.3 is 10.4 Å². The predicted octanol–water partition coefficient (Wildman–Crippen LogP) is 1.49. The third kappa shape index (κ3) is 1.88. The molecule has 5 nitrogen and oxygen atoms in total. The van der Waals surface area contributed by atoms with Crippen molar-refractivity contribution in [2.75, 3.05) is 5.32 Å². The standard InChI is InChI=1S/C15H12N2O3/c18-13(10-5-7-16-8-6-10)9-15(20)11-3-1-2-4-12(11)17-14(15)19/h1-8,20H,9H2,(H,17,19)/t15-/m0/s1. The maximum Gasteiger partial charge on any atom is 0.261 e. The van der Waals surface area contributed by atoms with Crippen LogP contribution in [0.3, 0.4) is 0 Å². The molecule has 0 fully saturated rings. The number of amides is 1. The average molecular weight is 268 g/mol. The summed E-state index contributed by atoms with van der Waals surface area (Å²) in [6.07, 6.45) is 2.71. The number of aliphatic hydroxyl groups is 1. The lowest BCUT2D eigenvalue weighted by Crippen LogP contribution is -2.36. The Morgan fingerprint density at radius 1 is 1.20 bits per heavy atom. The van der Waals surface area contributed by atoms with Crippen molar-refractivity contribution in [3.8, 4) is 0 Å². The first kappa shape index (κ1) is 12.5. The van der Waals surface area contributed by atoms with Gasteiger partial charge in [-0.15, -0.1) is 0 Å². The Bertz CT molecular complexity index is 685. The summed E-state index contributed by atoms with van der Waals surface area (Å²) >= 11 is 0. The van der Waals surface area contributed by atoms with E-state index in [1.54, 1.807) is 36.4 Å². The van der Waals surface area contributed by atoms with Crippen molar-refractivity contribution in [3.05, 3.63) is 59.9 Å². The molecule has 1 aliphatic rings. The van der Waals surface area contributed by atoms with Crippen LogP contribution in [0, 0.1) is 0 Å². The molecule has 2 N–H and O–H groups in total. The van der Waals surface area contributed by atoms with Crippen LogP contribution < -0.4 is 5.32 Å². The minimum atomic E-state index is -1.81. The van der Waals surface area contributed by atoms with Crippen molar-refractivity contribution in [1.82, 2.24) is 4.98 Å². The van der Waals surface area contributed by atoms with Crippen LogP contribution in [-0.4, -0.2) is 21.8 Å². The minimum absolute atomic E-state index is 0.292. The van der Waals surface area contributed by atoms with E-state index in [4.69, 9.17) is 0 Å². The molecule has 1 aromatic carbocycles. The zero-order valence-electron chi connectivity index (χ0n) is 10.5. The molecule has 1 atom stereocenters. The minimum Gasteiger partial charge on any atom is -0.375 e. The average Bonchev–Trinajstić information content (AvgIpc) is 2.72. The van der Waals surface area contributed by atoms with Crippen molar-refractivity contribution >= 4 is 17.4 Å². The highest BCUT2D eigenvalue weighted by Crippen LogP contribution is 2.38. The number of aromatic nitrogens is 1.